The van der Waals surface area contributed by atoms with Crippen molar-refractivity contribution in [3.8, 4) is 11.1 Å². The average Bonchev–Trinajstić information content (AvgIpc) is 3.02. The number of carboxylic acids is 1. The molecule has 3 aromatic rings. The van der Waals surface area contributed by atoms with Gasteiger partial charge in [-0.05, 0) is 47.2 Å². The number of rotatable bonds is 3. The molecule has 3 heterocycles. The first kappa shape index (κ1) is 14.9. The molecule has 2 aromatic heterocycles. The van der Waals surface area contributed by atoms with E-state index in [-0.39, 0.29) is 0 Å². The number of nitrogens with one attached hydrogen (secondary N) is 1. The molecule has 2 N–H and O–H groups in total. The Morgan fingerprint density at radius 1 is 1.38 bits per heavy atom. The Hall–Kier alpha value is -2.66. The van der Waals surface area contributed by atoms with E-state index < -0.39 is 12.1 Å². The summed E-state index contributed by atoms with van der Waals surface area (Å²) in [7, 11) is 0. The average molecular weight is 322 g/mol. The number of aromatic nitrogens is 2. The molecule has 5 heteroatoms. The number of aliphatic carboxylic acids is 1. The van der Waals surface area contributed by atoms with E-state index in [9.17, 15) is 9.90 Å². The highest BCUT2D eigenvalue weighted by atomic mass is 16.5. The Morgan fingerprint density at radius 3 is 3.04 bits per heavy atom. The minimum Gasteiger partial charge on any atom is -0.479 e. The normalized spacial score (nSPS) is 17.0. The number of aryl methyl sites for hydroxylation is 1. The lowest BCUT2D eigenvalue weighted by Crippen LogP contribution is -2.23. The molecule has 1 unspecified atom stereocenters. The first-order valence-electron chi connectivity index (χ1n) is 8.11. The molecular formula is C19H18N2O3. The van der Waals surface area contributed by atoms with Crippen LogP contribution < -0.4 is 0 Å². The second-order valence-corrected chi connectivity index (χ2v) is 6.04. The van der Waals surface area contributed by atoms with Gasteiger partial charge in [0, 0.05) is 23.3 Å². The lowest BCUT2D eigenvalue weighted by molar-refractivity contribution is -0.151. The fraction of sp³-hybridized carbons (Fsp3) is 0.263. The molecule has 0 saturated heterocycles. The largest absolute Gasteiger partial charge is 0.479 e. The van der Waals surface area contributed by atoms with Crippen LogP contribution in [0.25, 0.3) is 22.2 Å². The lowest BCUT2D eigenvalue weighted by Gasteiger charge is -2.23. The number of hydrogen-bond acceptors (Lipinski definition) is 3. The second-order valence-electron chi connectivity index (χ2n) is 6.04. The Morgan fingerprint density at radius 2 is 2.25 bits per heavy atom. The molecular weight excluding hydrogens is 304 g/mol. The standard InChI is InChI=1S/C19H18N2O3/c1-2-11-9-20-18-16(11)8-14(10-21-18)13-4-3-12-5-6-24-17(19(22)23)15(12)7-13/h3-4,7-10,17H,2,5-6H2,1H3,(H,20,21)(H,22,23). The molecule has 1 aromatic carbocycles. The topological polar surface area (TPSA) is 75.2 Å². The van der Waals surface area contributed by atoms with Crippen molar-refractivity contribution in [1.29, 1.82) is 0 Å². The van der Waals surface area contributed by atoms with Gasteiger partial charge in [0.2, 0.25) is 0 Å². The molecule has 1 atom stereocenters. The number of pyridine rings is 1. The van der Waals surface area contributed by atoms with Gasteiger partial charge >= 0.3 is 5.97 Å². The van der Waals surface area contributed by atoms with Crippen LogP contribution in [0.4, 0.5) is 0 Å². The maximum absolute atomic E-state index is 11.4. The van der Waals surface area contributed by atoms with E-state index in [1.807, 2.05) is 30.6 Å². The molecule has 0 spiro atoms. The van der Waals surface area contributed by atoms with Crippen LogP contribution in [-0.4, -0.2) is 27.7 Å². The van der Waals surface area contributed by atoms with E-state index in [2.05, 4.69) is 23.0 Å². The van der Waals surface area contributed by atoms with E-state index >= 15 is 0 Å². The Balaban J connectivity index is 1.82. The monoisotopic (exact) mass is 322 g/mol. The van der Waals surface area contributed by atoms with E-state index in [0.29, 0.717) is 6.61 Å². The molecule has 5 nitrogen and oxygen atoms in total. The van der Waals surface area contributed by atoms with Crippen LogP contribution in [0, 0.1) is 0 Å². The van der Waals surface area contributed by atoms with Crippen LogP contribution in [-0.2, 0) is 22.4 Å². The van der Waals surface area contributed by atoms with Gasteiger partial charge in [0.1, 0.15) is 5.65 Å². The molecule has 0 fully saturated rings. The summed E-state index contributed by atoms with van der Waals surface area (Å²) in [6.45, 7) is 2.56. The van der Waals surface area contributed by atoms with Crippen LogP contribution >= 0.6 is 0 Å². The smallest absolute Gasteiger partial charge is 0.337 e. The number of benzene rings is 1. The van der Waals surface area contributed by atoms with E-state index in [0.717, 1.165) is 46.1 Å². The summed E-state index contributed by atoms with van der Waals surface area (Å²) in [6, 6.07) is 8.07. The molecule has 0 aliphatic carbocycles. The minimum atomic E-state index is -0.944. The summed E-state index contributed by atoms with van der Waals surface area (Å²) in [5.41, 5.74) is 5.83. The first-order valence-corrected chi connectivity index (χ1v) is 8.11. The van der Waals surface area contributed by atoms with Gasteiger partial charge in [0.05, 0.1) is 6.61 Å². The van der Waals surface area contributed by atoms with Crippen molar-refractivity contribution in [3.05, 3.63) is 53.3 Å². The number of nitrogens with zero attached hydrogens (tertiary/aromatic N) is 1. The summed E-state index contributed by atoms with van der Waals surface area (Å²) in [6.07, 6.45) is 4.60. The van der Waals surface area contributed by atoms with Crippen molar-refractivity contribution in [2.45, 2.75) is 25.9 Å². The summed E-state index contributed by atoms with van der Waals surface area (Å²) >= 11 is 0. The third-order valence-electron chi connectivity index (χ3n) is 4.64. The summed E-state index contributed by atoms with van der Waals surface area (Å²) in [5.74, 6) is -0.944. The highest BCUT2D eigenvalue weighted by molar-refractivity contribution is 5.85. The van der Waals surface area contributed by atoms with Crippen molar-refractivity contribution in [1.82, 2.24) is 9.97 Å². The molecule has 122 valence electrons. The van der Waals surface area contributed by atoms with Crippen LogP contribution in [0.15, 0.2) is 36.7 Å². The van der Waals surface area contributed by atoms with Crippen molar-refractivity contribution in [3.63, 3.8) is 0 Å². The zero-order valence-electron chi connectivity index (χ0n) is 13.4. The quantitative estimate of drug-likeness (QED) is 0.774. The van der Waals surface area contributed by atoms with Gasteiger partial charge in [0.15, 0.2) is 6.10 Å². The van der Waals surface area contributed by atoms with Gasteiger partial charge in [-0.3, -0.25) is 0 Å². The first-order chi connectivity index (χ1) is 11.7. The maximum atomic E-state index is 11.4. The summed E-state index contributed by atoms with van der Waals surface area (Å²) in [4.78, 5) is 19.1. The number of fused-ring (bicyclic) bond motifs is 2. The molecule has 0 amide bonds. The number of hydrogen-bond donors (Lipinski definition) is 2. The van der Waals surface area contributed by atoms with Crippen molar-refractivity contribution < 1.29 is 14.6 Å². The van der Waals surface area contributed by atoms with Crippen molar-refractivity contribution in [2.24, 2.45) is 0 Å². The number of H-pyrrole nitrogens is 1. The highest BCUT2D eigenvalue weighted by Crippen LogP contribution is 2.32. The van der Waals surface area contributed by atoms with Gasteiger partial charge in [-0.2, -0.15) is 0 Å². The zero-order valence-corrected chi connectivity index (χ0v) is 13.4. The lowest BCUT2D eigenvalue weighted by atomic mass is 9.93. The number of ether oxygens (including phenoxy) is 1. The molecule has 0 saturated carbocycles. The predicted octanol–water partition coefficient (Wildman–Crippen LogP) is 3.49. The third-order valence-corrected chi connectivity index (χ3v) is 4.64. The maximum Gasteiger partial charge on any atom is 0.337 e. The Bertz CT molecular complexity index is 930. The molecule has 1 aliphatic heterocycles. The van der Waals surface area contributed by atoms with Crippen LogP contribution in [0.3, 0.4) is 0 Å². The third kappa shape index (κ3) is 2.37. The van der Waals surface area contributed by atoms with Gasteiger partial charge in [-0.15, -0.1) is 0 Å². The molecule has 0 bridgehead atoms. The zero-order chi connectivity index (χ0) is 16.7. The van der Waals surface area contributed by atoms with E-state index in [1.54, 1.807) is 0 Å². The molecule has 24 heavy (non-hydrogen) atoms. The highest BCUT2D eigenvalue weighted by Gasteiger charge is 2.27. The Labute approximate surface area is 139 Å². The summed E-state index contributed by atoms with van der Waals surface area (Å²) < 4.78 is 5.43. The van der Waals surface area contributed by atoms with Crippen LogP contribution in [0.2, 0.25) is 0 Å². The molecule has 4 rings (SSSR count). The van der Waals surface area contributed by atoms with Gasteiger partial charge in [-0.1, -0.05) is 19.1 Å². The SMILES string of the molecule is CCc1c[nH]c2ncc(-c3ccc4c(c3)C(C(=O)O)OCC4)cc12. The van der Waals surface area contributed by atoms with E-state index in [4.69, 9.17) is 4.74 Å². The molecule has 1 aliphatic rings. The van der Waals surface area contributed by atoms with Gasteiger partial charge < -0.3 is 14.8 Å². The summed E-state index contributed by atoms with van der Waals surface area (Å²) in [5, 5.41) is 10.5. The fourth-order valence-electron chi connectivity index (χ4n) is 3.34. The number of carboxylic acid groups (broad SMARTS) is 1. The van der Waals surface area contributed by atoms with E-state index in [1.165, 1.54) is 5.56 Å². The van der Waals surface area contributed by atoms with Crippen molar-refractivity contribution >= 4 is 17.0 Å². The van der Waals surface area contributed by atoms with Crippen LogP contribution in [0.1, 0.15) is 29.7 Å². The second kappa shape index (κ2) is 5.76. The predicted molar refractivity (Wildman–Crippen MR) is 90.9 cm³/mol. The number of carbonyl (C=O) groups is 1. The van der Waals surface area contributed by atoms with Crippen LogP contribution in [0.5, 0.6) is 0 Å². The van der Waals surface area contributed by atoms with Gasteiger partial charge in [0.25, 0.3) is 0 Å². The van der Waals surface area contributed by atoms with Gasteiger partial charge in [-0.25, -0.2) is 9.78 Å². The van der Waals surface area contributed by atoms with Crippen molar-refractivity contribution in [2.75, 3.05) is 6.61 Å². The molecule has 0 radical (unpaired) electrons. The minimum absolute atomic E-state index is 0.444. The fourth-order valence-corrected chi connectivity index (χ4v) is 3.34. The Kier molecular flexibility index (Phi) is 3.58. The number of aromatic amines is 1.